The zero-order valence-corrected chi connectivity index (χ0v) is 21.4. The van der Waals surface area contributed by atoms with Gasteiger partial charge in [0, 0.05) is 31.7 Å². The number of hydrogen-bond acceptors (Lipinski definition) is 6. The summed E-state index contributed by atoms with van der Waals surface area (Å²) in [5.41, 5.74) is 0.537. The molecule has 11 heteroatoms. The molecule has 1 aliphatic rings. The van der Waals surface area contributed by atoms with Crippen molar-refractivity contribution in [1.82, 2.24) is 15.1 Å². The molecular weight excluding hydrogens is 525 g/mol. The summed E-state index contributed by atoms with van der Waals surface area (Å²) in [6.07, 6.45) is 1.24. The van der Waals surface area contributed by atoms with Crippen LogP contribution >= 0.6 is 0 Å². The number of fused-ring (bicyclic) bond motifs is 1. The zero-order chi connectivity index (χ0) is 27.6. The summed E-state index contributed by atoms with van der Waals surface area (Å²) < 4.78 is 45.4. The minimum absolute atomic E-state index is 0.0569. The number of nitrogens with zero attached hydrogens (tertiary/aromatic N) is 2. The van der Waals surface area contributed by atoms with Crippen LogP contribution in [0.4, 0.5) is 4.39 Å². The Labute approximate surface area is 223 Å². The van der Waals surface area contributed by atoms with E-state index >= 15 is 0 Å². The maximum absolute atomic E-state index is 13.5. The second-order valence-corrected chi connectivity index (χ2v) is 11.0. The van der Waals surface area contributed by atoms with Gasteiger partial charge in [-0.2, -0.15) is 0 Å². The van der Waals surface area contributed by atoms with Gasteiger partial charge in [-0.3, -0.25) is 14.4 Å². The normalized spacial score (nSPS) is 14.7. The Morgan fingerprint density at radius 2 is 1.49 bits per heavy atom. The lowest BCUT2D eigenvalue weighted by Crippen LogP contribution is -2.57. The predicted molar refractivity (Wildman–Crippen MR) is 140 cm³/mol. The van der Waals surface area contributed by atoms with Gasteiger partial charge in [0.2, 0.25) is 15.2 Å². The van der Waals surface area contributed by atoms with Gasteiger partial charge in [0.25, 0.3) is 17.7 Å². The molecule has 9 nitrogen and oxygen atoms in total. The van der Waals surface area contributed by atoms with E-state index < -0.39 is 32.8 Å². The van der Waals surface area contributed by atoms with Gasteiger partial charge < -0.3 is 19.5 Å². The zero-order valence-electron chi connectivity index (χ0n) is 20.6. The third-order valence-corrected chi connectivity index (χ3v) is 8.45. The third kappa shape index (κ3) is 5.26. The second-order valence-electron chi connectivity index (χ2n) is 8.97. The van der Waals surface area contributed by atoms with Gasteiger partial charge in [0.1, 0.15) is 5.82 Å². The highest BCUT2D eigenvalue weighted by atomic mass is 32.2. The lowest BCUT2D eigenvalue weighted by molar-refractivity contribution is -0.132. The molecule has 1 aliphatic heterocycles. The highest BCUT2D eigenvalue weighted by molar-refractivity contribution is 7.92. The summed E-state index contributed by atoms with van der Waals surface area (Å²) in [6.45, 7) is 0.454. The molecule has 39 heavy (non-hydrogen) atoms. The Bertz CT molecular complexity index is 1620. The average molecular weight is 550 g/mol. The van der Waals surface area contributed by atoms with Crippen LogP contribution in [0.25, 0.3) is 10.8 Å². The van der Waals surface area contributed by atoms with E-state index in [1.54, 1.807) is 11.0 Å². The fraction of sp³-hybridized carbons (Fsp3) is 0.179. The van der Waals surface area contributed by atoms with Gasteiger partial charge in [-0.15, -0.1) is 0 Å². The molecule has 1 aromatic heterocycles. The van der Waals surface area contributed by atoms with Crippen molar-refractivity contribution in [1.29, 1.82) is 0 Å². The molecular formula is C28H24FN3O6S. The number of rotatable bonds is 6. The van der Waals surface area contributed by atoms with Gasteiger partial charge in [0.15, 0.2) is 5.76 Å². The van der Waals surface area contributed by atoms with Crippen LogP contribution in [0.15, 0.2) is 94.4 Å². The van der Waals surface area contributed by atoms with Crippen LogP contribution in [0.5, 0.6) is 0 Å². The second kappa shape index (κ2) is 10.7. The lowest BCUT2D eigenvalue weighted by Gasteiger charge is -2.36. The van der Waals surface area contributed by atoms with Crippen LogP contribution in [0.3, 0.4) is 0 Å². The van der Waals surface area contributed by atoms with Crippen LogP contribution in [0.2, 0.25) is 0 Å². The Kier molecular flexibility index (Phi) is 7.16. The molecule has 0 bridgehead atoms. The van der Waals surface area contributed by atoms with Gasteiger partial charge in [0.05, 0.1) is 11.2 Å². The molecule has 0 spiro atoms. The van der Waals surface area contributed by atoms with E-state index in [1.807, 2.05) is 36.4 Å². The fourth-order valence-electron chi connectivity index (χ4n) is 4.51. The standard InChI is InChI=1S/C28H24FN3O6S/c29-20-10-12-21(13-11-20)39(36,37)26(30-25(33)24-9-4-18-38-24)28(35)32-16-14-31(15-17-32)27(34)23-8-3-6-19-5-1-2-7-22(19)23/h1-13,18,26H,14-17H2,(H,30,33)/t26-/m0/s1. The number of carbonyl (C=O) groups excluding carboxylic acids is 3. The minimum Gasteiger partial charge on any atom is -0.459 e. The first kappa shape index (κ1) is 26.1. The first-order valence-corrected chi connectivity index (χ1v) is 13.7. The molecule has 3 aromatic carbocycles. The number of piperazine rings is 1. The van der Waals surface area contributed by atoms with Crippen molar-refractivity contribution in [3.63, 3.8) is 0 Å². The van der Waals surface area contributed by atoms with E-state index in [0.29, 0.717) is 5.56 Å². The van der Waals surface area contributed by atoms with Gasteiger partial charge in [-0.05, 0) is 53.2 Å². The summed E-state index contributed by atoms with van der Waals surface area (Å²) in [7, 11) is -4.46. The van der Waals surface area contributed by atoms with E-state index in [9.17, 15) is 27.2 Å². The number of halogens is 1. The maximum atomic E-state index is 13.5. The molecule has 200 valence electrons. The molecule has 1 N–H and O–H groups in total. The van der Waals surface area contributed by atoms with Gasteiger partial charge in [-0.25, -0.2) is 12.8 Å². The van der Waals surface area contributed by atoms with E-state index in [-0.39, 0.29) is 42.7 Å². The lowest BCUT2D eigenvalue weighted by atomic mass is 10.0. The molecule has 1 atom stereocenters. The third-order valence-electron chi connectivity index (χ3n) is 6.58. The highest BCUT2D eigenvalue weighted by Gasteiger charge is 2.40. The van der Waals surface area contributed by atoms with Crippen LogP contribution in [0.1, 0.15) is 20.9 Å². The molecule has 5 rings (SSSR count). The minimum atomic E-state index is -4.46. The van der Waals surface area contributed by atoms with Gasteiger partial charge >= 0.3 is 0 Å². The van der Waals surface area contributed by atoms with Crippen molar-refractivity contribution in [2.75, 3.05) is 26.2 Å². The van der Waals surface area contributed by atoms with E-state index in [2.05, 4.69) is 5.32 Å². The smallest absolute Gasteiger partial charge is 0.288 e. The quantitative estimate of drug-likeness (QED) is 0.370. The highest BCUT2D eigenvalue weighted by Crippen LogP contribution is 2.22. The van der Waals surface area contributed by atoms with Crippen molar-refractivity contribution in [2.45, 2.75) is 10.3 Å². The Morgan fingerprint density at radius 3 is 2.18 bits per heavy atom. The summed E-state index contributed by atoms with van der Waals surface area (Å²) in [5, 5.41) is 2.02. The van der Waals surface area contributed by atoms with Crippen LogP contribution in [-0.4, -0.2) is 67.5 Å². The Morgan fingerprint density at radius 1 is 0.821 bits per heavy atom. The number of benzene rings is 3. The summed E-state index contributed by atoms with van der Waals surface area (Å²) in [6, 6.07) is 19.8. The van der Waals surface area contributed by atoms with Crippen molar-refractivity contribution in [3.05, 3.63) is 102 Å². The van der Waals surface area contributed by atoms with E-state index in [4.69, 9.17) is 4.42 Å². The summed E-state index contributed by atoms with van der Waals surface area (Å²) in [5.74, 6) is -2.78. The topological polar surface area (TPSA) is 117 Å². The SMILES string of the molecule is O=C(N[C@H](C(=O)N1CCN(C(=O)c2cccc3ccccc23)CC1)S(=O)(=O)c1ccc(F)cc1)c1ccco1. The number of hydrogen-bond donors (Lipinski definition) is 1. The van der Waals surface area contributed by atoms with Crippen molar-refractivity contribution < 1.29 is 31.6 Å². The van der Waals surface area contributed by atoms with Gasteiger partial charge in [-0.1, -0.05) is 36.4 Å². The molecule has 0 radical (unpaired) electrons. The molecule has 1 saturated heterocycles. The number of amides is 3. The summed E-state index contributed by atoms with van der Waals surface area (Å²) in [4.78, 5) is 42.1. The maximum Gasteiger partial charge on any atom is 0.288 e. The predicted octanol–water partition coefficient (Wildman–Crippen LogP) is 3.09. The van der Waals surface area contributed by atoms with Crippen LogP contribution < -0.4 is 5.32 Å². The number of carbonyl (C=O) groups is 3. The number of sulfone groups is 1. The number of furan rings is 1. The molecule has 2 heterocycles. The van der Waals surface area contributed by atoms with Crippen molar-refractivity contribution in [2.24, 2.45) is 0 Å². The van der Waals surface area contributed by atoms with Crippen molar-refractivity contribution >= 4 is 38.3 Å². The van der Waals surface area contributed by atoms with E-state index in [0.717, 1.165) is 35.0 Å². The van der Waals surface area contributed by atoms with Crippen molar-refractivity contribution in [3.8, 4) is 0 Å². The molecule has 1 fully saturated rings. The Balaban J connectivity index is 1.35. The monoisotopic (exact) mass is 549 g/mol. The molecule has 4 aromatic rings. The Hall–Kier alpha value is -4.51. The molecule has 3 amide bonds. The largest absolute Gasteiger partial charge is 0.459 e. The van der Waals surface area contributed by atoms with Crippen LogP contribution in [-0.2, 0) is 14.6 Å². The van der Waals surface area contributed by atoms with E-state index in [1.165, 1.54) is 23.3 Å². The first-order valence-electron chi connectivity index (χ1n) is 12.2. The average Bonchev–Trinajstić information content (AvgIpc) is 3.50. The summed E-state index contributed by atoms with van der Waals surface area (Å²) >= 11 is 0. The fourth-order valence-corrected chi connectivity index (χ4v) is 5.97. The molecule has 0 unspecified atom stereocenters. The molecule has 0 aliphatic carbocycles. The van der Waals surface area contributed by atoms with Crippen LogP contribution in [0, 0.1) is 5.82 Å². The molecule has 0 saturated carbocycles. The number of nitrogens with one attached hydrogen (secondary N) is 1. The first-order chi connectivity index (χ1) is 18.8.